The molecule has 3 heteroatoms. The monoisotopic (exact) mass is 168 g/mol. The summed E-state index contributed by atoms with van der Waals surface area (Å²) in [4.78, 5) is 22.3. The van der Waals surface area contributed by atoms with Crippen molar-refractivity contribution in [1.29, 1.82) is 0 Å². The van der Waals surface area contributed by atoms with Gasteiger partial charge in [0.1, 0.15) is 11.9 Å². The molecular formula is C9H12O3. The summed E-state index contributed by atoms with van der Waals surface area (Å²) in [6, 6.07) is 0. The number of hydrogen-bond donors (Lipinski definition) is 0. The molecule has 1 saturated heterocycles. The Labute approximate surface area is 71.1 Å². The van der Waals surface area contributed by atoms with Gasteiger partial charge in [0.2, 0.25) is 0 Å². The molecule has 0 aromatic heterocycles. The fraction of sp³-hybridized carbons (Fsp3) is 0.778. The maximum Gasteiger partial charge on any atom is 0.306 e. The topological polar surface area (TPSA) is 43.4 Å². The molecule has 2 aliphatic rings. The predicted molar refractivity (Wildman–Crippen MR) is 41.4 cm³/mol. The van der Waals surface area contributed by atoms with Crippen LogP contribution in [0.5, 0.6) is 0 Å². The molecule has 2 rings (SSSR count). The number of fused-ring (bicyclic) bond motifs is 1. The summed E-state index contributed by atoms with van der Waals surface area (Å²) < 4.78 is 5.11. The van der Waals surface area contributed by atoms with Crippen LogP contribution in [0.25, 0.3) is 0 Å². The van der Waals surface area contributed by atoms with Gasteiger partial charge in [-0.1, -0.05) is 0 Å². The van der Waals surface area contributed by atoms with Gasteiger partial charge in [-0.3, -0.25) is 9.59 Å². The number of rotatable bonds is 0. The molecule has 0 spiro atoms. The van der Waals surface area contributed by atoms with E-state index in [-0.39, 0.29) is 23.8 Å². The van der Waals surface area contributed by atoms with Gasteiger partial charge in [0, 0.05) is 12.3 Å². The van der Waals surface area contributed by atoms with Crippen molar-refractivity contribution in [3.63, 3.8) is 0 Å². The number of ether oxygens (including phenoxy) is 1. The van der Waals surface area contributed by atoms with Crippen LogP contribution in [-0.2, 0) is 14.3 Å². The van der Waals surface area contributed by atoms with Gasteiger partial charge in [0.15, 0.2) is 0 Å². The van der Waals surface area contributed by atoms with Crippen molar-refractivity contribution in [2.24, 2.45) is 11.3 Å². The molecule has 1 saturated carbocycles. The Morgan fingerprint density at radius 1 is 1.33 bits per heavy atom. The van der Waals surface area contributed by atoms with Gasteiger partial charge in [0.25, 0.3) is 0 Å². The number of esters is 1. The first-order chi connectivity index (χ1) is 5.51. The summed E-state index contributed by atoms with van der Waals surface area (Å²) in [5.74, 6) is 0.232. The quantitative estimate of drug-likeness (QED) is 0.505. The third-order valence-electron chi connectivity index (χ3n) is 2.99. The van der Waals surface area contributed by atoms with Crippen LogP contribution in [-0.4, -0.2) is 17.9 Å². The van der Waals surface area contributed by atoms with E-state index < -0.39 is 5.41 Å². The first-order valence-corrected chi connectivity index (χ1v) is 4.24. The van der Waals surface area contributed by atoms with Crippen molar-refractivity contribution in [2.75, 3.05) is 0 Å². The predicted octanol–water partition coefficient (Wildman–Crippen LogP) is 0.917. The van der Waals surface area contributed by atoms with Crippen molar-refractivity contribution >= 4 is 11.8 Å². The Hall–Kier alpha value is -0.860. The third kappa shape index (κ3) is 0.822. The standard InChI is InChI=1S/C9H12O3/c1-9(2)6(10)3-5-4-7(11)12-8(5)9/h5,8H,3-4H2,1-2H3/t5-,8+/m0/s1. The molecule has 0 bridgehead atoms. The summed E-state index contributed by atoms with van der Waals surface area (Å²) in [6.45, 7) is 3.72. The van der Waals surface area contributed by atoms with Gasteiger partial charge in [-0.2, -0.15) is 0 Å². The highest BCUT2D eigenvalue weighted by Crippen LogP contribution is 2.45. The van der Waals surface area contributed by atoms with Crippen LogP contribution in [0.1, 0.15) is 26.7 Å². The van der Waals surface area contributed by atoms with Gasteiger partial charge in [-0.15, -0.1) is 0 Å². The minimum absolute atomic E-state index is 0.148. The molecule has 1 heterocycles. The van der Waals surface area contributed by atoms with Crippen LogP contribution in [0.4, 0.5) is 0 Å². The van der Waals surface area contributed by atoms with Crippen LogP contribution in [0.2, 0.25) is 0 Å². The third-order valence-corrected chi connectivity index (χ3v) is 2.99. The lowest BCUT2D eigenvalue weighted by Gasteiger charge is -2.22. The minimum Gasteiger partial charge on any atom is -0.461 e. The highest BCUT2D eigenvalue weighted by molar-refractivity contribution is 5.90. The summed E-state index contributed by atoms with van der Waals surface area (Å²) in [6.07, 6.45) is 0.793. The van der Waals surface area contributed by atoms with Crippen molar-refractivity contribution in [3.05, 3.63) is 0 Å². The summed E-state index contributed by atoms with van der Waals surface area (Å²) >= 11 is 0. The van der Waals surface area contributed by atoms with Crippen LogP contribution < -0.4 is 0 Å². The van der Waals surface area contributed by atoms with E-state index in [2.05, 4.69) is 0 Å². The number of ketones is 1. The van der Waals surface area contributed by atoms with Crippen molar-refractivity contribution < 1.29 is 14.3 Å². The molecule has 0 aromatic rings. The maximum atomic E-state index is 11.4. The fourth-order valence-corrected chi connectivity index (χ4v) is 2.18. The maximum absolute atomic E-state index is 11.4. The molecule has 0 N–H and O–H groups in total. The van der Waals surface area contributed by atoms with Gasteiger partial charge >= 0.3 is 5.97 Å². The van der Waals surface area contributed by atoms with Crippen LogP contribution in [0.15, 0.2) is 0 Å². The molecule has 2 fully saturated rings. The second-order valence-electron chi connectivity index (χ2n) is 4.22. The average Bonchev–Trinajstić information content (AvgIpc) is 2.38. The number of Topliss-reactive ketones (excluding diaryl/α,β-unsaturated/α-hetero) is 1. The van der Waals surface area contributed by atoms with E-state index in [1.54, 1.807) is 0 Å². The average molecular weight is 168 g/mol. The zero-order valence-electron chi connectivity index (χ0n) is 7.29. The van der Waals surface area contributed by atoms with E-state index in [4.69, 9.17) is 4.74 Å². The molecule has 1 aliphatic carbocycles. The molecule has 12 heavy (non-hydrogen) atoms. The smallest absolute Gasteiger partial charge is 0.306 e. The van der Waals surface area contributed by atoms with Gasteiger partial charge in [-0.25, -0.2) is 0 Å². The first kappa shape index (κ1) is 7.77. The van der Waals surface area contributed by atoms with E-state index in [0.717, 1.165) is 0 Å². The molecule has 3 nitrogen and oxygen atoms in total. The highest BCUT2D eigenvalue weighted by Gasteiger charge is 2.54. The van der Waals surface area contributed by atoms with E-state index in [1.807, 2.05) is 13.8 Å². The van der Waals surface area contributed by atoms with E-state index >= 15 is 0 Å². The second-order valence-corrected chi connectivity index (χ2v) is 4.22. The highest BCUT2D eigenvalue weighted by atomic mass is 16.6. The largest absolute Gasteiger partial charge is 0.461 e. The van der Waals surface area contributed by atoms with E-state index in [9.17, 15) is 9.59 Å². The van der Waals surface area contributed by atoms with Gasteiger partial charge < -0.3 is 4.74 Å². The SMILES string of the molecule is CC1(C)C(=O)C[C@H]2CC(=O)O[C@H]21. The summed E-state index contributed by atoms with van der Waals surface area (Å²) in [7, 11) is 0. The Morgan fingerprint density at radius 2 is 2.00 bits per heavy atom. The van der Waals surface area contributed by atoms with E-state index in [1.165, 1.54) is 0 Å². The fourth-order valence-electron chi connectivity index (χ4n) is 2.18. The Morgan fingerprint density at radius 3 is 2.58 bits per heavy atom. The zero-order valence-corrected chi connectivity index (χ0v) is 7.29. The zero-order chi connectivity index (χ0) is 8.93. The molecular weight excluding hydrogens is 156 g/mol. The lowest BCUT2D eigenvalue weighted by atomic mass is 9.87. The first-order valence-electron chi connectivity index (χ1n) is 4.24. The molecule has 0 aromatic carbocycles. The second kappa shape index (κ2) is 2.09. The summed E-state index contributed by atoms with van der Waals surface area (Å²) in [5.41, 5.74) is -0.448. The lowest BCUT2D eigenvalue weighted by molar-refractivity contribution is -0.147. The van der Waals surface area contributed by atoms with Gasteiger partial charge in [-0.05, 0) is 13.8 Å². The van der Waals surface area contributed by atoms with Crippen LogP contribution in [0.3, 0.4) is 0 Å². The Kier molecular flexibility index (Phi) is 1.35. The Balaban J connectivity index is 2.29. The number of hydrogen-bond acceptors (Lipinski definition) is 3. The van der Waals surface area contributed by atoms with Crippen molar-refractivity contribution in [3.8, 4) is 0 Å². The van der Waals surface area contributed by atoms with Crippen LogP contribution in [0, 0.1) is 11.3 Å². The van der Waals surface area contributed by atoms with Crippen molar-refractivity contribution in [1.82, 2.24) is 0 Å². The normalized spacial score (nSPS) is 38.2. The van der Waals surface area contributed by atoms with E-state index in [0.29, 0.717) is 12.8 Å². The molecule has 66 valence electrons. The lowest BCUT2D eigenvalue weighted by Crippen LogP contribution is -2.31. The summed E-state index contributed by atoms with van der Waals surface area (Å²) in [5, 5.41) is 0. The molecule has 1 aliphatic heterocycles. The number of carbonyl (C=O) groups is 2. The molecule has 0 unspecified atom stereocenters. The van der Waals surface area contributed by atoms with Gasteiger partial charge in [0.05, 0.1) is 11.8 Å². The van der Waals surface area contributed by atoms with Crippen molar-refractivity contribution in [2.45, 2.75) is 32.8 Å². The molecule has 2 atom stereocenters. The molecule has 0 amide bonds. The molecule has 0 radical (unpaired) electrons. The Bertz CT molecular complexity index is 254. The minimum atomic E-state index is -0.448. The van der Waals surface area contributed by atoms with Crippen LogP contribution >= 0.6 is 0 Å². The number of carbonyl (C=O) groups excluding carboxylic acids is 2.